The van der Waals surface area contributed by atoms with E-state index in [2.05, 4.69) is 5.32 Å². The quantitative estimate of drug-likeness (QED) is 0.669. The van der Waals surface area contributed by atoms with Crippen molar-refractivity contribution in [2.75, 3.05) is 19.7 Å². The van der Waals surface area contributed by atoms with Crippen LogP contribution < -0.4 is 10.1 Å². The van der Waals surface area contributed by atoms with Crippen LogP contribution in [0.1, 0.15) is 36.0 Å². The lowest BCUT2D eigenvalue weighted by molar-refractivity contribution is 0.0691. The molecule has 0 spiro atoms. The minimum absolute atomic E-state index is 0.181. The number of nitrogens with one attached hydrogen (secondary N) is 1. The molecule has 1 aliphatic carbocycles. The van der Waals surface area contributed by atoms with E-state index in [1.54, 1.807) is 12.1 Å². The first kappa shape index (κ1) is 15.8. The van der Waals surface area contributed by atoms with Crippen molar-refractivity contribution in [2.45, 2.75) is 31.8 Å². The van der Waals surface area contributed by atoms with E-state index in [0.29, 0.717) is 24.8 Å². The zero-order valence-corrected chi connectivity index (χ0v) is 12.1. The number of ether oxygens (including phenoxy) is 1. The molecule has 3 N–H and O–H groups in total. The van der Waals surface area contributed by atoms with Crippen molar-refractivity contribution in [3.63, 3.8) is 0 Å². The SMILES string of the molecule is O=C(O)c1cccc(OCCNCC2CCCCC2O)c1. The van der Waals surface area contributed by atoms with Crippen molar-refractivity contribution in [1.29, 1.82) is 0 Å². The normalized spacial score (nSPS) is 22.0. The van der Waals surface area contributed by atoms with Gasteiger partial charge in [-0.3, -0.25) is 0 Å². The maximum Gasteiger partial charge on any atom is 0.335 e. The summed E-state index contributed by atoms with van der Waals surface area (Å²) < 4.78 is 5.52. The highest BCUT2D eigenvalue weighted by Gasteiger charge is 2.22. The lowest BCUT2D eigenvalue weighted by Crippen LogP contribution is -2.35. The van der Waals surface area contributed by atoms with E-state index in [1.807, 2.05) is 0 Å². The largest absolute Gasteiger partial charge is 0.492 e. The van der Waals surface area contributed by atoms with Gasteiger partial charge in [0.25, 0.3) is 0 Å². The van der Waals surface area contributed by atoms with E-state index in [-0.39, 0.29) is 11.7 Å². The molecule has 5 heteroatoms. The van der Waals surface area contributed by atoms with Crippen LogP contribution in [-0.2, 0) is 0 Å². The number of rotatable bonds is 7. The van der Waals surface area contributed by atoms with Gasteiger partial charge < -0.3 is 20.3 Å². The predicted octanol–water partition coefficient (Wildman–Crippen LogP) is 1.90. The summed E-state index contributed by atoms with van der Waals surface area (Å²) in [5, 5.41) is 22.0. The summed E-state index contributed by atoms with van der Waals surface area (Å²) in [6.45, 7) is 1.96. The Kier molecular flexibility index (Phi) is 6.02. The van der Waals surface area contributed by atoms with Crippen LogP contribution in [-0.4, -0.2) is 42.0 Å². The van der Waals surface area contributed by atoms with Crippen molar-refractivity contribution >= 4 is 5.97 Å². The lowest BCUT2D eigenvalue weighted by atomic mass is 9.86. The van der Waals surface area contributed by atoms with Gasteiger partial charge in [-0.1, -0.05) is 18.9 Å². The van der Waals surface area contributed by atoms with Crippen LogP contribution in [0.25, 0.3) is 0 Å². The first-order valence-corrected chi connectivity index (χ1v) is 7.52. The highest BCUT2D eigenvalue weighted by molar-refractivity contribution is 5.87. The smallest absolute Gasteiger partial charge is 0.335 e. The maximum absolute atomic E-state index is 10.8. The van der Waals surface area contributed by atoms with Gasteiger partial charge in [0.15, 0.2) is 0 Å². The molecule has 116 valence electrons. The van der Waals surface area contributed by atoms with E-state index in [9.17, 15) is 9.90 Å². The molecule has 2 rings (SSSR count). The van der Waals surface area contributed by atoms with Gasteiger partial charge in [-0.2, -0.15) is 0 Å². The Morgan fingerprint density at radius 3 is 2.90 bits per heavy atom. The summed E-state index contributed by atoms with van der Waals surface area (Å²) in [6, 6.07) is 6.48. The second kappa shape index (κ2) is 8.00. The number of aromatic carboxylic acids is 1. The number of benzene rings is 1. The van der Waals surface area contributed by atoms with Crippen molar-refractivity contribution in [3.05, 3.63) is 29.8 Å². The summed E-state index contributed by atoms with van der Waals surface area (Å²) in [4.78, 5) is 10.8. The summed E-state index contributed by atoms with van der Waals surface area (Å²) in [5.41, 5.74) is 0.228. The van der Waals surface area contributed by atoms with Crippen molar-refractivity contribution in [2.24, 2.45) is 5.92 Å². The molecule has 1 aromatic rings. The summed E-state index contributed by atoms with van der Waals surface area (Å²) in [6.07, 6.45) is 4.13. The van der Waals surface area contributed by atoms with Gasteiger partial charge >= 0.3 is 5.97 Å². The fourth-order valence-electron chi connectivity index (χ4n) is 2.67. The van der Waals surface area contributed by atoms with Gasteiger partial charge in [0.05, 0.1) is 11.7 Å². The van der Waals surface area contributed by atoms with Crippen LogP contribution in [0.5, 0.6) is 5.75 Å². The van der Waals surface area contributed by atoms with E-state index >= 15 is 0 Å². The summed E-state index contributed by atoms with van der Waals surface area (Å²) in [7, 11) is 0. The molecule has 5 nitrogen and oxygen atoms in total. The zero-order chi connectivity index (χ0) is 15.1. The van der Waals surface area contributed by atoms with Crippen molar-refractivity contribution in [3.8, 4) is 5.75 Å². The molecule has 2 unspecified atom stereocenters. The standard InChI is InChI=1S/C16H23NO4/c18-15-7-2-1-4-13(15)11-17-8-9-21-14-6-3-5-12(10-14)16(19)20/h3,5-6,10,13,15,17-18H,1-2,4,7-9,11H2,(H,19,20). The lowest BCUT2D eigenvalue weighted by Gasteiger charge is -2.27. The van der Waals surface area contributed by atoms with E-state index in [1.165, 1.54) is 18.6 Å². The average Bonchev–Trinajstić information content (AvgIpc) is 2.49. The minimum atomic E-state index is -0.954. The molecule has 0 aliphatic heterocycles. The zero-order valence-electron chi connectivity index (χ0n) is 12.1. The molecule has 0 aromatic heterocycles. The molecule has 0 bridgehead atoms. The van der Waals surface area contributed by atoms with Crippen LogP contribution in [0, 0.1) is 5.92 Å². The fraction of sp³-hybridized carbons (Fsp3) is 0.562. The van der Waals surface area contributed by atoms with E-state index < -0.39 is 5.97 Å². The molecule has 0 saturated heterocycles. The van der Waals surface area contributed by atoms with Crippen LogP contribution >= 0.6 is 0 Å². The Hall–Kier alpha value is -1.59. The highest BCUT2D eigenvalue weighted by atomic mass is 16.5. The number of aliphatic hydroxyl groups excluding tert-OH is 1. The number of carbonyl (C=O) groups is 1. The molecule has 1 aromatic carbocycles. The Bertz CT molecular complexity index is 463. The van der Waals surface area contributed by atoms with E-state index in [4.69, 9.17) is 9.84 Å². The molecular formula is C16H23NO4. The van der Waals surface area contributed by atoms with Gasteiger partial charge in [-0.05, 0) is 37.0 Å². The molecule has 2 atom stereocenters. The Morgan fingerprint density at radius 2 is 2.14 bits per heavy atom. The highest BCUT2D eigenvalue weighted by Crippen LogP contribution is 2.23. The molecular weight excluding hydrogens is 270 g/mol. The molecule has 1 saturated carbocycles. The van der Waals surface area contributed by atoms with Gasteiger partial charge in [0, 0.05) is 13.1 Å². The number of carboxylic acids is 1. The maximum atomic E-state index is 10.8. The molecule has 0 heterocycles. The first-order chi connectivity index (χ1) is 10.2. The van der Waals surface area contributed by atoms with Gasteiger partial charge in [0.2, 0.25) is 0 Å². The topological polar surface area (TPSA) is 78.8 Å². The van der Waals surface area contributed by atoms with Crippen LogP contribution in [0.15, 0.2) is 24.3 Å². The third-order valence-electron chi connectivity index (χ3n) is 3.90. The van der Waals surface area contributed by atoms with Crippen molar-refractivity contribution < 1.29 is 19.7 Å². The number of aliphatic hydroxyl groups is 1. The number of hydrogen-bond donors (Lipinski definition) is 3. The van der Waals surface area contributed by atoms with E-state index in [0.717, 1.165) is 25.8 Å². The third kappa shape index (κ3) is 5.02. The summed E-state index contributed by atoms with van der Waals surface area (Å²) >= 11 is 0. The average molecular weight is 293 g/mol. The molecule has 21 heavy (non-hydrogen) atoms. The Labute approximate surface area is 124 Å². The second-order valence-electron chi connectivity index (χ2n) is 5.50. The number of hydrogen-bond acceptors (Lipinski definition) is 4. The Balaban J connectivity index is 1.65. The second-order valence-corrected chi connectivity index (χ2v) is 5.50. The molecule has 0 radical (unpaired) electrons. The van der Waals surface area contributed by atoms with Crippen molar-refractivity contribution in [1.82, 2.24) is 5.32 Å². The number of carboxylic acid groups (broad SMARTS) is 1. The van der Waals surface area contributed by atoms with Gasteiger partial charge in [-0.25, -0.2) is 4.79 Å². The Morgan fingerprint density at radius 1 is 1.33 bits per heavy atom. The van der Waals surface area contributed by atoms with Gasteiger partial charge in [0.1, 0.15) is 12.4 Å². The van der Waals surface area contributed by atoms with Gasteiger partial charge in [-0.15, -0.1) is 0 Å². The summed E-state index contributed by atoms with van der Waals surface area (Å²) in [5.74, 6) is -0.0478. The van der Waals surface area contributed by atoms with Crippen LogP contribution in [0.4, 0.5) is 0 Å². The molecule has 1 aliphatic rings. The molecule has 1 fully saturated rings. The fourth-order valence-corrected chi connectivity index (χ4v) is 2.67. The van der Waals surface area contributed by atoms with Crippen LogP contribution in [0.3, 0.4) is 0 Å². The first-order valence-electron chi connectivity index (χ1n) is 7.52. The predicted molar refractivity (Wildman–Crippen MR) is 79.7 cm³/mol. The molecule has 0 amide bonds. The van der Waals surface area contributed by atoms with Crippen LogP contribution in [0.2, 0.25) is 0 Å². The minimum Gasteiger partial charge on any atom is -0.492 e. The monoisotopic (exact) mass is 293 g/mol. The third-order valence-corrected chi connectivity index (χ3v) is 3.90.